The third-order valence-electron chi connectivity index (χ3n) is 4.03. The van der Waals surface area contributed by atoms with Crippen molar-refractivity contribution in [2.24, 2.45) is 5.92 Å². The Balaban J connectivity index is 1.89. The third-order valence-corrected chi connectivity index (χ3v) is 4.03. The first-order chi connectivity index (χ1) is 10.1. The van der Waals surface area contributed by atoms with Crippen molar-refractivity contribution in [3.05, 3.63) is 29.8 Å². The highest BCUT2D eigenvalue weighted by atomic mass is 16.5. The molecule has 1 aromatic carbocycles. The molecule has 0 aliphatic carbocycles. The van der Waals surface area contributed by atoms with Crippen molar-refractivity contribution in [3.63, 3.8) is 0 Å². The molecule has 1 aromatic heterocycles. The van der Waals surface area contributed by atoms with Gasteiger partial charge in [0.05, 0.1) is 18.5 Å². The van der Waals surface area contributed by atoms with Gasteiger partial charge in [0.1, 0.15) is 11.6 Å². The zero-order valence-corrected chi connectivity index (χ0v) is 12.5. The fourth-order valence-corrected chi connectivity index (χ4v) is 2.69. The zero-order valence-electron chi connectivity index (χ0n) is 12.5. The largest absolute Gasteiger partial charge is 0.497 e. The van der Waals surface area contributed by atoms with E-state index < -0.39 is 0 Å². The van der Waals surface area contributed by atoms with Crippen LogP contribution in [0.2, 0.25) is 0 Å². The highest BCUT2D eigenvalue weighted by Gasteiger charge is 2.33. The molecule has 0 radical (unpaired) electrons. The molecule has 0 atom stereocenters. The number of fused-ring (bicyclic) bond motifs is 1. The number of benzene rings is 1. The van der Waals surface area contributed by atoms with E-state index >= 15 is 0 Å². The van der Waals surface area contributed by atoms with Gasteiger partial charge in [-0.2, -0.15) is 0 Å². The van der Waals surface area contributed by atoms with Gasteiger partial charge in [0.15, 0.2) is 0 Å². The van der Waals surface area contributed by atoms with Crippen LogP contribution in [-0.2, 0) is 4.79 Å². The molecule has 1 aliphatic heterocycles. The molecule has 1 amide bonds. The minimum Gasteiger partial charge on any atom is -0.497 e. The Morgan fingerprint density at radius 1 is 1.38 bits per heavy atom. The van der Waals surface area contributed by atoms with Gasteiger partial charge in [-0.15, -0.1) is 0 Å². The third kappa shape index (κ3) is 2.39. The van der Waals surface area contributed by atoms with E-state index in [2.05, 4.69) is 23.2 Å². The SMILES string of the molecule is CNC(=O)C1CN(c2cc(C)c3ccc(OC)cc3n2)C1. The van der Waals surface area contributed by atoms with E-state index in [4.69, 9.17) is 9.72 Å². The van der Waals surface area contributed by atoms with Gasteiger partial charge < -0.3 is 15.0 Å². The molecule has 1 saturated heterocycles. The van der Waals surface area contributed by atoms with Gasteiger partial charge in [-0.25, -0.2) is 4.98 Å². The van der Waals surface area contributed by atoms with Crippen LogP contribution in [0.15, 0.2) is 24.3 Å². The second-order valence-electron chi connectivity index (χ2n) is 5.40. The average Bonchev–Trinajstić information content (AvgIpc) is 2.44. The number of rotatable bonds is 3. The summed E-state index contributed by atoms with van der Waals surface area (Å²) in [4.78, 5) is 18.4. The van der Waals surface area contributed by atoms with E-state index in [0.717, 1.165) is 35.6 Å². The lowest BCUT2D eigenvalue weighted by Crippen LogP contribution is -2.53. The number of carbonyl (C=O) groups excluding carboxylic acids is 1. The van der Waals surface area contributed by atoms with Gasteiger partial charge in [0.2, 0.25) is 5.91 Å². The van der Waals surface area contributed by atoms with Crippen molar-refractivity contribution in [1.29, 1.82) is 0 Å². The predicted molar refractivity (Wildman–Crippen MR) is 82.8 cm³/mol. The molecule has 2 aromatic rings. The van der Waals surface area contributed by atoms with Gasteiger partial charge in [-0.3, -0.25) is 4.79 Å². The van der Waals surface area contributed by atoms with Gasteiger partial charge in [-0.05, 0) is 30.7 Å². The van der Waals surface area contributed by atoms with Crippen molar-refractivity contribution in [2.75, 3.05) is 32.1 Å². The number of methoxy groups -OCH3 is 1. The van der Waals surface area contributed by atoms with Crippen LogP contribution in [-0.4, -0.2) is 38.1 Å². The molecule has 21 heavy (non-hydrogen) atoms. The Morgan fingerprint density at radius 2 is 2.14 bits per heavy atom. The summed E-state index contributed by atoms with van der Waals surface area (Å²) in [6.07, 6.45) is 0. The van der Waals surface area contributed by atoms with Crippen LogP contribution < -0.4 is 15.0 Å². The summed E-state index contributed by atoms with van der Waals surface area (Å²) in [6, 6.07) is 8.00. The lowest BCUT2D eigenvalue weighted by molar-refractivity contribution is -0.125. The normalized spacial score (nSPS) is 14.9. The number of carbonyl (C=O) groups is 1. The quantitative estimate of drug-likeness (QED) is 0.933. The zero-order chi connectivity index (χ0) is 15.0. The predicted octanol–water partition coefficient (Wildman–Crippen LogP) is 1.73. The molecule has 2 heterocycles. The highest BCUT2D eigenvalue weighted by Crippen LogP contribution is 2.29. The van der Waals surface area contributed by atoms with Crippen LogP contribution in [0.1, 0.15) is 5.56 Å². The molecular weight excluding hydrogens is 266 g/mol. The van der Waals surface area contributed by atoms with E-state index in [1.54, 1.807) is 14.2 Å². The number of nitrogens with zero attached hydrogens (tertiary/aromatic N) is 2. The number of amides is 1. The molecule has 110 valence electrons. The Hall–Kier alpha value is -2.30. The standard InChI is InChI=1S/C16H19N3O2/c1-10-6-15(19-8-11(9-19)16(20)17-2)18-14-7-12(21-3)4-5-13(10)14/h4-7,11H,8-9H2,1-3H3,(H,17,20). The molecule has 0 saturated carbocycles. The summed E-state index contributed by atoms with van der Waals surface area (Å²) in [5.74, 6) is 1.90. The number of pyridine rings is 1. The van der Waals surface area contributed by atoms with Gasteiger partial charge in [0.25, 0.3) is 0 Å². The smallest absolute Gasteiger partial charge is 0.226 e. The van der Waals surface area contributed by atoms with Crippen molar-refractivity contribution in [1.82, 2.24) is 10.3 Å². The Morgan fingerprint density at radius 3 is 2.81 bits per heavy atom. The van der Waals surface area contributed by atoms with E-state index in [1.807, 2.05) is 18.2 Å². The number of anilines is 1. The summed E-state index contributed by atoms with van der Waals surface area (Å²) >= 11 is 0. The monoisotopic (exact) mass is 285 g/mol. The van der Waals surface area contributed by atoms with Crippen molar-refractivity contribution in [2.45, 2.75) is 6.92 Å². The van der Waals surface area contributed by atoms with Crippen LogP contribution in [0.4, 0.5) is 5.82 Å². The molecule has 1 aliphatic rings. The summed E-state index contributed by atoms with van der Waals surface area (Å²) < 4.78 is 5.26. The molecule has 0 spiro atoms. The fraction of sp³-hybridized carbons (Fsp3) is 0.375. The maximum absolute atomic E-state index is 11.6. The number of ether oxygens (including phenoxy) is 1. The van der Waals surface area contributed by atoms with E-state index in [0.29, 0.717) is 0 Å². The van der Waals surface area contributed by atoms with Crippen LogP contribution in [0.3, 0.4) is 0 Å². The summed E-state index contributed by atoms with van der Waals surface area (Å²) in [5.41, 5.74) is 2.11. The minimum absolute atomic E-state index is 0.0677. The van der Waals surface area contributed by atoms with Gasteiger partial charge in [0, 0.05) is 31.6 Å². The first kappa shape index (κ1) is 13.7. The minimum atomic E-state index is 0.0677. The van der Waals surface area contributed by atoms with Crippen molar-refractivity contribution < 1.29 is 9.53 Å². The second kappa shape index (κ2) is 5.24. The van der Waals surface area contributed by atoms with Crippen LogP contribution >= 0.6 is 0 Å². The summed E-state index contributed by atoms with van der Waals surface area (Å²) in [6.45, 7) is 3.53. The summed E-state index contributed by atoms with van der Waals surface area (Å²) in [5, 5.41) is 3.82. The van der Waals surface area contributed by atoms with Crippen LogP contribution in [0.5, 0.6) is 5.75 Å². The number of aryl methyl sites for hydroxylation is 1. The van der Waals surface area contributed by atoms with Crippen molar-refractivity contribution in [3.8, 4) is 5.75 Å². The topological polar surface area (TPSA) is 54.5 Å². The Bertz CT molecular complexity index is 693. The maximum atomic E-state index is 11.6. The van der Waals surface area contributed by atoms with E-state index in [-0.39, 0.29) is 11.8 Å². The van der Waals surface area contributed by atoms with Crippen LogP contribution in [0, 0.1) is 12.8 Å². The van der Waals surface area contributed by atoms with E-state index in [9.17, 15) is 4.79 Å². The molecule has 1 fully saturated rings. The average molecular weight is 285 g/mol. The number of aromatic nitrogens is 1. The fourth-order valence-electron chi connectivity index (χ4n) is 2.69. The number of hydrogen-bond donors (Lipinski definition) is 1. The molecule has 5 heteroatoms. The molecule has 3 rings (SSSR count). The van der Waals surface area contributed by atoms with Crippen LogP contribution in [0.25, 0.3) is 10.9 Å². The lowest BCUT2D eigenvalue weighted by Gasteiger charge is -2.39. The summed E-state index contributed by atoms with van der Waals surface area (Å²) in [7, 11) is 3.33. The Labute approximate surface area is 123 Å². The molecule has 0 unspecified atom stereocenters. The highest BCUT2D eigenvalue weighted by molar-refractivity contribution is 5.86. The molecular formula is C16H19N3O2. The van der Waals surface area contributed by atoms with E-state index in [1.165, 1.54) is 5.56 Å². The van der Waals surface area contributed by atoms with Crippen molar-refractivity contribution >= 4 is 22.6 Å². The molecule has 1 N–H and O–H groups in total. The first-order valence-corrected chi connectivity index (χ1v) is 7.04. The number of nitrogens with one attached hydrogen (secondary N) is 1. The lowest BCUT2D eigenvalue weighted by atomic mass is 9.99. The van der Waals surface area contributed by atoms with Gasteiger partial charge >= 0.3 is 0 Å². The Kier molecular flexibility index (Phi) is 3.41. The second-order valence-corrected chi connectivity index (χ2v) is 5.40. The molecule has 0 bridgehead atoms. The van der Waals surface area contributed by atoms with Gasteiger partial charge in [-0.1, -0.05) is 0 Å². The maximum Gasteiger partial charge on any atom is 0.226 e. The first-order valence-electron chi connectivity index (χ1n) is 7.04. The number of hydrogen-bond acceptors (Lipinski definition) is 4. The molecule has 5 nitrogen and oxygen atoms in total.